The number of likely N-dealkylation sites (tertiary alicyclic amines) is 1. The Morgan fingerprint density at radius 1 is 0.943 bits per heavy atom. The fraction of sp³-hybridized carbons (Fsp3) is 0.889. The van der Waals surface area contributed by atoms with E-state index in [1.165, 1.54) is 58.5 Å². The number of nitrogens with one attached hydrogen (secondary N) is 2. The largest absolute Gasteiger partial charge is 0.469 e. The minimum atomic E-state index is -0.626. The lowest BCUT2D eigenvalue weighted by Gasteiger charge is -2.40. The van der Waals surface area contributed by atoms with Crippen molar-refractivity contribution in [3.63, 3.8) is 0 Å². The molecule has 1 aliphatic heterocycles. The van der Waals surface area contributed by atoms with Crippen LogP contribution in [-0.2, 0) is 19.1 Å². The monoisotopic (exact) mass is 493 g/mol. The number of carbonyl (C=O) groups excluding carboxylic acids is 3. The van der Waals surface area contributed by atoms with Gasteiger partial charge in [0.25, 0.3) is 0 Å². The fourth-order valence-corrected chi connectivity index (χ4v) is 5.94. The van der Waals surface area contributed by atoms with Crippen LogP contribution in [0.15, 0.2) is 0 Å². The SMILES string of the molecule is COC(=O)C1CN(C(=O)[C@@H](CC2CCCCC2)NC2CCCCC2)CCC1NC(=O)OC(C)(C)C. The zero-order chi connectivity index (χ0) is 25.4. The van der Waals surface area contributed by atoms with Crippen LogP contribution in [0.2, 0.25) is 0 Å². The molecule has 3 rings (SSSR count). The van der Waals surface area contributed by atoms with E-state index in [0.29, 0.717) is 24.9 Å². The van der Waals surface area contributed by atoms with E-state index in [1.807, 2.05) is 4.90 Å². The summed E-state index contributed by atoms with van der Waals surface area (Å²) in [4.78, 5) is 40.7. The molecule has 0 aromatic rings. The van der Waals surface area contributed by atoms with E-state index in [2.05, 4.69) is 10.6 Å². The number of methoxy groups -OCH3 is 1. The van der Waals surface area contributed by atoms with Crippen LogP contribution in [0.5, 0.6) is 0 Å². The van der Waals surface area contributed by atoms with Crippen molar-refractivity contribution in [3.05, 3.63) is 0 Å². The Labute approximate surface area is 211 Å². The second kappa shape index (κ2) is 12.9. The molecule has 3 aliphatic rings. The third kappa shape index (κ3) is 8.65. The van der Waals surface area contributed by atoms with E-state index in [0.717, 1.165) is 19.3 Å². The van der Waals surface area contributed by atoms with Crippen LogP contribution in [0, 0.1) is 11.8 Å². The molecule has 8 heteroatoms. The van der Waals surface area contributed by atoms with E-state index >= 15 is 0 Å². The molecule has 3 fully saturated rings. The van der Waals surface area contributed by atoms with Crippen molar-refractivity contribution in [2.24, 2.45) is 11.8 Å². The molecular formula is C27H47N3O5. The van der Waals surface area contributed by atoms with Gasteiger partial charge < -0.3 is 25.0 Å². The third-order valence-corrected chi connectivity index (χ3v) is 7.76. The smallest absolute Gasteiger partial charge is 0.407 e. The predicted molar refractivity (Wildman–Crippen MR) is 135 cm³/mol. The van der Waals surface area contributed by atoms with Gasteiger partial charge in [-0.1, -0.05) is 51.4 Å². The molecule has 0 aromatic carbocycles. The quantitative estimate of drug-likeness (QED) is 0.517. The Kier molecular flexibility index (Phi) is 10.3. The van der Waals surface area contributed by atoms with Crippen LogP contribution >= 0.6 is 0 Å². The third-order valence-electron chi connectivity index (χ3n) is 7.76. The van der Waals surface area contributed by atoms with Gasteiger partial charge in [0, 0.05) is 25.2 Å². The molecule has 2 N–H and O–H groups in total. The van der Waals surface area contributed by atoms with Gasteiger partial charge in [0.2, 0.25) is 5.91 Å². The summed E-state index contributed by atoms with van der Waals surface area (Å²) in [7, 11) is 1.35. The van der Waals surface area contributed by atoms with Crippen molar-refractivity contribution in [1.82, 2.24) is 15.5 Å². The zero-order valence-electron chi connectivity index (χ0n) is 22.3. The number of alkyl carbamates (subject to hydrolysis) is 1. The van der Waals surface area contributed by atoms with Crippen LogP contribution in [0.4, 0.5) is 4.79 Å². The van der Waals surface area contributed by atoms with Crippen LogP contribution in [-0.4, -0.2) is 66.8 Å². The number of carbonyl (C=O) groups is 3. The maximum atomic E-state index is 13.8. The maximum Gasteiger partial charge on any atom is 0.407 e. The van der Waals surface area contributed by atoms with Gasteiger partial charge in [0.15, 0.2) is 0 Å². The van der Waals surface area contributed by atoms with Gasteiger partial charge in [-0.25, -0.2) is 4.79 Å². The summed E-state index contributed by atoms with van der Waals surface area (Å²) in [5.41, 5.74) is -0.626. The summed E-state index contributed by atoms with van der Waals surface area (Å²) >= 11 is 0. The van der Waals surface area contributed by atoms with Crippen molar-refractivity contribution in [2.45, 2.75) is 122 Å². The lowest BCUT2D eigenvalue weighted by molar-refractivity contribution is -0.150. The van der Waals surface area contributed by atoms with Gasteiger partial charge in [0.05, 0.1) is 19.1 Å². The number of rotatable bonds is 7. The van der Waals surface area contributed by atoms with E-state index in [9.17, 15) is 14.4 Å². The van der Waals surface area contributed by atoms with Crippen LogP contribution in [0.25, 0.3) is 0 Å². The molecule has 0 spiro atoms. The minimum Gasteiger partial charge on any atom is -0.469 e. The normalized spacial score (nSPS) is 25.5. The molecule has 35 heavy (non-hydrogen) atoms. The topological polar surface area (TPSA) is 97.0 Å². The van der Waals surface area contributed by atoms with Gasteiger partial charge in [-0.2, -0.15) is 0 Å². The van der Waals surface area contributed by atoms with Gasteiger partial charge in [-0.15, -0.1) is 0 Å². The second-order valence-electron chi connectivity index (χ2n) is 11.7. The van der Waals surface area contributed by atoms with Crippen LogP contribution in [0.3, 0.4) is 0 Å². The van der Waals surface area contributed by atoms with Gasteiger partial charge in [-0.05, 0) is 52.4 Å². The number of esters is 1. The molecule has 200 valence electrons. The molecule has 3 atom stereocenters. The van der Waals surface area contributed by atoms with Crippen molar-refractivity contribution in [2.75, 3.05) is 20.2 Å². The highest BCUT2D eigenvalue weighted by molar-refractivity contribution is 5.83. The summed E-state index contributed by atoms with van der Waals surface area (Å²) in [5.74, 6) is -0.356. The highest BCUT2D eigenvalue weighted by atomic mass is 16.6. The summed E-state index contributed by atoms with van der Waals surface area (Å²) < 4.78 is 10.4. The molecule has 2 saturated carbocycles. The first-order chi connectivity index (χ1) is 16.7. The molecular weight excluding hydrogens is 446 g/mol. The molecule has 0 radical (unpaired) electrons. The number of hydrogen-bond acceptors (Lipinski definition) is 6. The molecule has 1 heterocycles. The Morgan fingerprint density at radius 2 is 1.57 bits per heavy atom. The molecule has 2 unspecified atom stereocenters. The van der Waals surface area contributed by atoms with E-state index in [4.69, 9.17) is 9.47 Å². The number of piperidine rings is 1. The second-order valence-corrected chi connectivity index (χ2v) is 11.7. The molecule has 0 bridgehead atoms. The van der Waals surface area contributed by atoms with E-state index in [1.54, 1.807) is 20.8 Å². The highest BCUT2D eigenvalue weighted by Crippen LogP contribution is 2.29. The number of hydrogen-bond donors (Lipinski definition) is 2. The summed E-state index contributed by atoms with van der Waals surface area (Å²) in [5, 5.41) is 6.58. The van der Waals surface area contributed by atoms with E-state index in [-0.39, 0.29) is 18.5 Å². The number of amides is 2. The molecule has 0 aromatic heterocycles. The Hall–Kier alpha value is -1.83. The number of ether oxygens (including phenoxy) is 2. The Morgan fingerprint density at radius 3 is 2.17 bits per heavy atom. The lowest BCUT2D eigenvalue weighted by Crippen LogP contribution is -2.59. The molecule has 2 amide bonds. The fourth-order valence-electron chi connectivity index (χ4n) is 5.94. The summed E-state index contributed by atoms with van der Waals surface area (Å²) in [6, 6.07) is -0.247. The molecule has 2 aliphatic carbocycles. The Balaban J connectivity index is 1.67. The molecule has 8 nitrogen and oxygen atoms in total. The first-order valence-electron chi connectivity index (χ1n) is 13.8. The van der Waals surface area contributed by atoms with Gasteiger partial charge >= 0.3 is 12.1 Å². The van der Waals surface area contributed by atoms with Crippen LogP contribution < -0.4 is 10.6 Å². The first-order valence-corrected chi connectivity index (χ1v) is 13.8. The average molecular weight is 494 g/mol. The average Bonchev–Trinajstić information content (AvgIpc) is 2.83. The predicted octanol–water partition coefficient (Wildman–Crippen LogP) is 4.16. The summed E-state index contributed by atoms with van der Waals surface area (Å²) in [6.45, 7) is 6.16. The van der Waals surface area contributed by atoms with Crippen molar-refractivity contribution < 1.29 is 23.9 Å². The lowest BCUT2D eigenvalue weighted by atomic mass is 9.83. The molecule has 1 saturated heterocycles. The van der Waals surface area contributed by atoms with Crippen molar-refractivity contribution >= 4 is 18.0 Å². The maximum absolute atomic E-state index is 13.8. The Bertz CT molecular complexity index is 690. The van der Waals surface area contributed by atoms with Gasteiger partial charge in [0.1, 0.15) is 5.60 Å². The minimum absolute atomic E-state index is 0.0887. The van der Waals surface area contributed by atoms with Crippen molar-refractivity contribution in [1.29, 1.82) is 0 Å². The highest BCUT2D eigenvalue weighted by Gasteiger charge is 2.40. The first kappa shape index (κ1) is 27.8. The standard InChI is InChI=1S/C27H47N3O5/c1-27(2,3)35-26(33)29-22-15-16-30(18-21(22)25(32)34-4)24(31)23(17-19-11-7-5-8-12-19)28-20-13-9-6-10-14-20/h19-23,28H,5-18H2,1-4H3,(H,29,33)/t21?,22?,23-/m1/s1. The van der Waals surface area contributed by atoms with Crippen LogP contribution in [0.1, 0.15) is 97.8 Å². The summed E-state index contributed by atoms with van der Waals surface area (Å²) in [6.07, 6.45) is 13.0. The van der Waals surface area contributed by atoms with E-state index < -0.39 is 29.6 Å². The van der Waals surface area contributed by atoms with Gasteiger partial charge in [-0.3, -0.25) is 9.59 Å². The van der Waals surface area contributed by atoms with Crippen molar-refractivity contribution in [3.8, 4) is 0 Å². The zero-order valence-corrected chi connectivity index (χ0v) is 22.3. The number of nitrogens with zero attached hydrogens (tertiary/aromatic N) is 1.